The van der Waals surface area contributed by atoms with Crippen molar-refractivity contribution >= 4 is 10.9 Å². The molecule has 0 aliphatic carbocycles. The standard InChI is InChI=1S/C14H20N2O/c1-3-17-9-8-16-11-12(10-15-2)13-6-4-5-7-14(13)16/h4-7,11,15H,3,8-10H2,1-2H3. The molecule has 1 heterocycles. The van der Waals surface area contributed by atoms with E-state index in [9.17, 15) is 0 Å². The average Bonchev–Trinajstić information content (AvgIpc) is 2.70. The second kappa shape index (κ2) is 5.84. The van der Waals surface area contributed by atoms with Gasteiger partial charge in [0.1, 0.15) is 0 Å². The fraction of sp³-hybridized carbons (Fsp3) is 0.429. The van der Waals surface area contributed by atoms with Gasteiger partial charge in [0.25, 0.3) is 0 Å². The summed E-state index contributed by atoms with van der Waals surface area (Å²) in [7, 11) is 1.98. The maximum atomic E-state index is 5.42. The molecule has 2 aromatic rings. The Kier molecular flexibility index (Phi) is 4.18. The van der Waals surface area contributed by atoms with Gasteiger partial charge in [0.2, 0.25) is 0 Å². The Balaban J connectivity index is 2.28. The molecular formula is C14H20N2O. The number of hydrogen-bond donors (Lipinski definition) is 1. The molecule has 0 saturated heterocycles. The van der Waals surface area contributed by atoms with E-state index in [4.69, 9.17) is 4.74 Å². The van der Waals surface area contributed by atoms with Crippen LogP contribution in [0.15, 0.2) is 30.5 Å². The monoisotopic (exact) mass is 232 g/mol. The molecule has 0 saturated carbocycles. The third kappa shape index (κ3) is 2.68. The summed E-state index contributed by atoms with van der Waals surface area (Å²) in [5.41, 5.74) is 2.64. The third-order valence-electron chi connectivity index (χ3n) is 2.92. The van der Waals surface area contributed by atoms with Crippen LogP contribution in [-0.4, -0.2) is 24.8 Å². The van der Waals surface area contributed by atoms with Gasteiger partial charge in [-0.3, -0.25) is 0 Å². The molecule has 0 unspecified atom stereocenters. The molecule has 1 aromatic carbocycles. The Bertz CT molecular complexity index is 476. The van der Waals surface area contributed by atoms with Crippen molar-refractivity contribution in [3.63, 3.8) is 0 Å². The largest absolute Gasteiger partial charge is 0.380 e. The number of para-hydroxylation sites is 1. The van der Waals surface area contributed by atoms with E-state index >= 15 is 0 Å². The maximum absolute atomic E-state index is 5.42. The number of rotatable bonds is 6. The van der Waals surface area contributed by atoms with Crippen LogP contribution in [0.4, 0.5) is 0 Å². The van der Waals surface area contributed by atoms with Gasteiger partial charge >= 0.3 is 0 Å². The molecule has 0 atom stereocenters. The summed E-state index contributed by atoms with van der Waals surface area (Å²) >= 11 is 0. The molecule has 0 radical (unpaired) electrons. The predicted octanol–water partition coefficient (Wildman–Crippen LogP) is 2.40. The van der Waals surface area contributed by atoms with Crippen LogP contribution in [0.3, 0.4) is 0 Å². The molecule has 0 amide bonds. The Hall–Kier alpha value is -1.32. The Morgan fingerprint density at radius 3 is 2.88 bits per heavy atom. The SMILES string of the molecule is CCOCCn1cc(CNC)c2ccccc21. The summed E-state index contributed by atoms with van der Waals surface area (Å²) in [5, 5.41) is 4.54. The summed E-state index contributed by atoms with van der Waals surface area (Å²) in [5.74, 6) is 0. The highest BCUT2D eigenvalue weighted by molar-refractivity contribution is 5.83. The molecule has 2 rings (SSSR count). The lowest BCUT2D eigenvalue weighted by molar-refractivity contribution is 0.140. The van der Waals surface area contributed by atoms with Crippen molar-refractivity contribution in [1.29, 1.82) is 0 Å². The van der Waals surface area contributed by atoms with Crippen LogP contribution >= 0.6 is 0 Å². The van der Waals surface area contributed by atoms with Gasteiger partial charge < -0.3 is 14.6 Å². The zero-order valence-corrected chi connectivity index (χ0v) is 10.6. The number of aromatic nitrogens is 1. The van der Waals surface area contributed by atoms with E-state index in [0.717, 1.165) is 26.3 Å². The predicted molar refractivity (Wildman–Crippen MR) is 71.2 cm³/mol. The van der Waals surface area contributed by atoms with Crippen LogP contribution in [0, 0.1) is 0 Å². The fourth-order valence-corrected chi connectivity index (χ4v) is 2.15. The molecule has 92 valence electrons. The lowest BCUT2D eigenvalue weighted by atomic mass is 10.2. The van der Waals surface area contributed by atoms with E-state index in [-0.39, 0.29) is 0 Å². The molecule has 0 spiro atoms. The van der Waals surface area contributed by atoms with Crippen LogP contribution in [0.2, 0.25) is 0 Å². The number of ether oxygens (including phenoxy) is 1. The van der Waals surface area contributed by atoms with Crippen molar-refractivity contribution in [2.45, 2.75) is 20.0 Å². The molecule has 1 N–H and O–H groups in total. The number of fused-ring (bicyclic) bond motifs is 1. The second-order valence-electron chi connectivity index (χ2n) is 4.09. The molecule has 1 aromatic heterocycles. The lowest BCUT2D eigenvalue weighted by Crippen LogP contribution is -2.06. The van der Waals surface area contributed by atoms with Gasteiger partial charge in [0.05, 0.1) is 6.61 Å². The average molecular weight is 232 g/mol. The van der Waals surface area contributed by atoms with Gasteiger partial charge in [-0.05, 0) is 25.6 Å². The molecule has 3 nitrogen and oxygen atoms in total. The van der Waals surface area contributed by atoms with E-state index < -0.39 is 0 Å². The highest BCUT2D eigenvalue weighted by atomic mass is 16.5. The maximum Gasteiger partial charge on any atom is 0.0645 e. The zero-order valence-electron chi connectivity index (χ0n) is 10.6. The van der Waals surface area contributed by atoms with Gasteiger partial charge in [-0.15, -0.1) is 0 Å². The molecule has 0 fully saturated rings. The van der Waals surface area contributed by atoms with Crippen LogP contribution in [0.1, 0.15) is 12.5 Å². The minimum absolute atomic E-state index is 0.772. The van der Waals surface area contributed by atoms with Crippen molar-refractivity contribution in [3.05, 3.63) is 36.0 Å². The van der Waals surface area contributed by atoms with Gasteiger partial charge in [-0.25, -0.2) is 0 Å². The summed E-state index contributed by atoms with van der Waals surface area (Å²) < 4.78 is 7.69. The Labute approximate surface area is 102 Å². The van der Waals surface area contributed by atoms with Crippen molar-refractivity contribution < 1.29 is 4.74 Å². The highest BCUT2D eigenvalue weighted by Gasteiger charge is 2.06. The first kappa shape index (κ1) is 12.1. The molecular weight excluding hydrogens is 212 g/mol. The lowest BCUT2D eigenvalue weighted by Gasteiger charge is -2.04. The van der Waals surface area contributed by atoms with Gasteiger partial charge in [0, 0.05) is 36.8 Å². The highest BCUT2D eigenvalue weighted by Crippen LogP contribution is 2.21. The molecule has 0 bridgehead atoms. The Morgan fingerprint density at radius 2 is 2.12 bits per heavy atom. The van der Waals surface area contributed by atoms with Gasteiger partial charge in [0.15, 0.2) is 0 Å². The third-order valence-corrected chi connectivity index (χ3v) is 2.92. The number of benzene rings is 1. The number of nitrogens with one attached hydrogen (secondary N) is 1. The van der Waals surface area contributed by atoms with Crippen molar-refractivity contribution in [2.24, 2.45) is 0 Å². The van der Waals surface area contributed by atoms with Crippen LogP contribution in [0.25, 0.3) is 10.9 Å². The molecule has 0 aliphatic heterocycles. The van der Waals surface area contributed by atoms with E-state index in [0.29, 0.717) is 0 Å². The van der Waals surface area contributed by atoms with Crippen molar-refractivity contribution in [1.82, 2.24) is 9.88 Å². The summed E-state index contributed by atoms with van der Waals surface area (Å²) in [6, 6.07) is 8.52. The zero-order chi connectivity index (χ0) is 12.1. The van der Waals surface area contributed by atoms with Crippen LogP contribution in [0.5, 0.6) is 0 Å². The van der Waals surface area contributed by atoms with Gasteiger partial charge in [-0.1, -0.05) is 18.2 Å². The fourth-order valence-electron chi connectivity index (χ4n) is 2.15. The minimum Gasteiger partial charge on any atom is -0.380 e. The second-order valence-corrected chi connectivity index (χ2v) is 4.09. The molecule has 3 heteroatoms. The summed E-state index contributed by atoms with van der Waals surface area (Å²) in [6.07, 6.45) is 2.22. The molecule has 17 heavy (non-hydrogen) atoms. The van der Waals surface area contributed by atoms with E-state index in [1.807, 2.05) is 14.0 Å². The van der Waals surface area contributed by atoms with E-state index in [1.165, 1.54) is 16.5 Å². The normalized spacial score (nSPS) is 11.2. The first-order chi connectivity index (χ1) is 8.36. The van der Waals surface area contributed by atoms with Crippen molar-refractivity contribution in [3.8, 4) is 0 Å². The first-order valence-electron chi connectivity index (χ1n) is 6.16. The van der Waals surface area contributed by atoms with Gasteiger partial charge in [-0.2, -0.15) is 0 Å². The van der Waals surface area contributed by atoms with E-state index in [2.05, 4.69) is 40.3 Å². The summed E-state index contributed by atoms with van der Waals surface area (Å²) in [4.78, 5) is 0. The van der Waals surface area contributed by atoms with Crippen LogP contribution in [-0.2, 0) is 17.8 Å². The van der Waals surface area contributed by atoms with Crippen LogP contribution < -0.4 is 5.32 Å². The quantitative estimate of drug-likeness (QED) is 0.774. The smallest absolute Gasteiger partial charge is 0.0645 e. The minimum atomic E-state index is 0.772. The number of nitrogens with zero attached hydrogens (tertiary/aromatic N) is 1. The Morgan fingerprint density at radius 1 is 1.29 bits per heavy atom. The topological polar surface area (TPSA) is 26.2 Å². The van der Waals surface area contributed by atoms with Crippen molar-refractivity contribution in [2.75, 3.05) is 20.3 Å². The molecule has 0 aliphatic rings. The first-order valence-corrected chi connectivity index (χ1v) is 6.16. The summed E-state index contributed by atoms with van der Waals surface area (Å²) in [6.45, 7) is 5.40. The number of hydrogen-bond acceptors (Lipinski definition) is 2. The van der Waals surface area contributed by atoms with E-state index in [1.54, 1.807) is 0 Å².